The van der Waals surface area contributed by atoms with Crippen LogP contribution < -0.4 is 11.1 Å². The Morgan fingerprint density at radius 2 is 2.15 bits per heavy atom. The highest BCUT2D eigenvalue weighted by atomic mass is 19.2. The Hall–Kier alpha value is -1.00. The van der Waals surface area contributed by atoms with Gasteiger partial charge in [0, 0.05) is 18.2 Å². The van der Waals surface area contributed by atoms with Crippen molar-refractivity contribution in [3.8, 4) is 0 Å². The molecule has 13 heavy (non-hydrogen) atoms. The summed E-state index contributed by atoms with van der Waals surface area (Å²) in [6.07, 6.45) is 0. The average Bonchev–Trinajstić information content (AvgIpc) is 2.14. The van der Waals surface area contributed by atoms with E-state index in [-0.39, 0.29) is 18.2 Å². The van der Waals surface area contributed by atoms with Crippen molar-refractivity contribution in [3.63, 3.8) is 0 Å². The van der Waals surface area contributed by atoms with Crippen LogP contribution in [0.1, 0.15) is 11.6 Å². The second kappa shape index (κ2) is 4.30. The van der Waals surface area contributed by atoms with Crippen molar-refractivity contribution in [2.24, 2.45) is 5.73 Å². The van der Waals surface area contributed by atoms with Crippen molar-refractivity contribution in [1.82, 2.24) is 5.32 Å². The molecule has 0 saturated carbocycles. The van der Waals surface area contributed by atoms with E-state index in [9.17, 15) is 8.78 Å². The van der Waals surface area contributed by atoms with Crippen molar-refractivity contribution in [3.05, 3.63) is 35.4 Å². The molecule has 0 spiro atoms. The molecule has 0 bridgehead atoms. The first kappa shape index (κ1) is 10.1. The van der Waals surface area contributed by atoms with Crippen molar-refractivity contribution >= 4 is 0 Å². The van der Waals surface area contributed by atoms with Gasteiger partial charge in [0.15, 0.2) is 11.6 Å². The standard InChI is InChI=1S/C9H12F2N2/c1-13-8(5-12)6-3-2-4-7(10)9(6)11/h2-4,8,13H,5,12H2,1H3. The normalized spacial score (nSPS) is 12.9. The summed E-state index contributed by atoms with van der Waals surface area (Å²) in [4.78, 5) is 0. The van der Waals surface area contributed by atoms with Crippen LogP contribution in [-0.2, 0) is 0 Å². The van der Waals surface area contributed by atoms with Crippen LogP contribution in [0.4, 0.5) is 8.78 Å². The minimum Gasteiger partial charge on any atom is -0.329 e. The summed E-state index contributed by atoms with van der Waals surface area (Å²) in [5.74, 6) is -1.67. The fraction of sp³-hybridized carbons (Fsp3) is 0.333. The number of nitrogens with one attached hydrogen (secondary N) is 1. The highest BCUT2D eigenvalue weighted by Crippen LogP contribution is 2.17. The summed E-state index contributed by atoms with van der Waals surface area (Å²) in [5.41, 5.74) is 5.65. The first-order valence-electron chi connectivity index (χ1n) is 4.02. The van der Waals surface area contributed by atoms with Crippen molar-refractivity contribution < 1.29 is 8.78 Å². The van der Waals surface area contributed by atoms with Gasteiger partial charge in [0.25, 0.3) is 0 Å². The molecule has 1 aromatic rings. The molecule has 4 heteroatoms. The molecule has 0 fully saturated rings. The largest absolute Gasteiger partial charge is 0.329 e. The molecular weight excluding hydrogens is 174 g/mol. The van der Waals surface area contributed by atoms with Gasteiger partial charge >= 0.3 is 0 Å². The zero-order valence-corrected chi connectivity index (χ0v) is 7.35. The molecule has 0 aliphatic heterocycles. The fourth-order valence-electron chi connectivity index (χ4n) is 1.19. The highest BCUT2D eigenvalue weighted by Gasteiger charge is 2.14. The van der Waals surface area contributed by atoms with Crippen molar-refractivity contribution in [2.75, 3.05) is 13.6 Å². The molecule has 0 aromatic heterocycles. The number of rotatable bonds is 3. The van der Waals surface area contributed by atoms with E-state index >= 15 is 0 Å². The van der Waals surface area contributed by atoms with Gasteiger partial charge < -0.3 is 11.1 Å². The number of hydrogen-bond donors (Lipinski definition) is 2. The molecule has 1 atom stereocenters. The predicted molar refractivity (Wildman–Crippen MR) is 47.2 cm³/mol. The second-order valence-corrected chi connectivity index (χ2v) is 2.72. The van der Waals surface area contributed by atoms with Crippen LogP contribution in [0, 0.1) is 11.6 Å². The van der Waals surface area contributed by atoms with Crippen LogP contribution in [-0.4, -0.2) is 13.6 Å². The smallest absolute Gasteiger partial charge is 0.163 e. The Labute approximate surface area is 75.7 Å². The van der Waals surface area contributed by atoms with Gasteiger partial charge in [0.05, 0.1) is 0 Å². The van der Waals surface area contributed by atoms with E-state index < -0.39 is 11.6 Å². The molecule has 0 radical (unpaired) electrons. The van der Waals surface area contributed by atoms with E-state index in [0.29, 0.717) is 0 Å². The number of benzene rings is 1. The molecule has 1 rings (SSSR count). The van der Waals surface area contributed by atoms with E-state index in [2.05, 4.69) is 5.32 Å². The number of halogens is 2. The van der Waals surface area contributed by atoms with Gasteiger partial charge in [-0.3, -0.25) is 0 Å². The van der Waals surface area contributed by atoms with Crippen molar-refractivity contribution in [2.45, 2.75) is 6.04 Å². The van der Waals surface area contributed by atoms with E-state index in [1.54, 1.807) is 7.05 Å². The van der Waals surface area contributed by atoms with Crippen LogP contribution in [0.5, 0.6) is 0 Å². The number of hydrogen-bond acceptors (Lipinski definition) is 2. The lowest BCUT2D eigenvalue weighted by Crippen LogP contribution is -2.26. The molecule has 0 amide bonds. The van der Waals surface area contributed by atoms with E-state index in [1.165, 1.54) is 12.1 Å². The van der Waals surface area contributed by atoms with E-state index in [1.807, 2.05) is 0 Å². The summed E-state index contributed by atoms with van der Waals surface area (Å²) in [5, 5.41) is 2.80. The van der Waals surface area contributed by atoms with Crippen molar-refractivity contribution in [1.29, 1.82) is 0 Å². The number of likely N-dealkylation sites (N-methyl/N-ethyl adjacent to an activating group) is 1. The third-order valence-electron chi connectivity index (χ3n) is 1.94. The summed E-state index contributed by atoms with van der Waals surface area (Å²) in [6, 6.07) is 3.73. The maximum Gasteiger partial charge on any atom is 0.163 e. The number of nitrogens with two attached hydrogens (primary N) is 1. The highest BCUT2D eigenvalue weighted by molar-refractivity contribution is 5.22. The minimum absolute atomic E-state index is 0.233. The lowest BCUT2D eigenvalue weighted by Gasteiger charge is -2.14. The molecular formula is C9H12F2N2. The van der Waals surface area contributed by atoms with Gasteiger partial charge in [-0.2, -0.15) is 0 Å². The molecule has 0 heterocycles. The topological polar surface area (TPSA) is 38.0 Å². The quantitative estimate of drug-likeness (QED) is 0.744. The van der Waals surface area contributed by atoms with Crippen LogP contribution in [0.25, 0.3) is 0 Å². The van der Waals surface area contributed by atoms with Gasteiger partial charge in [-0.05, 0) is 13.1 Å². The molecule has 1 unspecified atom stereocenters. The zero-order chi connectivity index (χ0) is 9.84. The first-order valence-corrected chi connectivity index (χ1v) is 4.02. The molecule has 0 saturated heterocycles. The van der Waals surface area contributed by atoms with E-state index in [4.69, 9.17) is 5.73 Å². The second-order valence-electron chi connectivity index (χ2n) is 2.72. The molecule has 0 aliphatic carbocycles. The van der Waals surface area contributed by atoms with Crippen LogP contribution in [0.15, 0.2) is 18.2 Å². The Morgan fingerprint density at radius 1 is 1.46 bits per heavy atom. The SMILES string of the molecule is CNC(CN)c1cccc(F)c1F. The van der Waals surface area contributed by atoms with Gasteiger partial charge in [0.1, 0.15) is 0 Å². The summed E-state index contributed by atoms with van der Waals surface area (Å²) in [7, 11) is 1.65. The Bertz CT molecular complexity index is 285. The summed E-state index contributed by atoms with van der Waals surface area (Å²) >= 11 is 0. The minimum atomic E-state index is -0.841. The zero-order valence-electron chi connectivity index (χ0n) is 7.35. The van der Waals surface area contributed by atoms with Gasteiger partial charge in [-0.1, -0.05) is 12.1 Å². The lowest BCUT2D eigenvalue weighted by atomic mass is 10.1. The Kier molecular flexibility index (Phi) is 3.33. The van der Waals surface area contributed by atoms with E-state index in [0.717, 1.165) is 6.07 Å². The predicted octanol–water partition coefficient (Wildman–Crippen LogP) is 1.18. The Balaban J connectivity index is 3.05. The fourth-order valence-corrected chi connectivity index (χ4v) is 1.19. The summed E-state index contributed by atoms with van der Waals surface area (Å²) in [6.45, 7) is 0.233. The molecule has 2 nitrogen and oxygen atoms in total. The average molecular weight is 186 g/mol. The van der Waals surface area contributed by atoms with Crippen LogP contribution >= 0.6 is 0 Å². The van der Waals surface area contributed by atoms with Crippen LogP contribution in [0.2, 0.25) is 0 Å². The lowest BCUT2D eigenvalue weighted by molar-refractivity contribution is 0.476. The maximum absolute atomic E-state index is 13.2. The maximum atomic E-state index is 13.2. The molecule has 72 valence electrons. The molecule has 1 aromatic carbocycles. The first-order chi connectivity index (χ1) is 6.20. The van der Waals surface area contributed by atoms with Gasteiger partial charge in [-0.15, -0.1) is 0 Å². The Morgan fingerprint density at radius 3 is 2.69 bits per heavy atom. The third-order valence-corrected chi connectivity index (χ3v) is 1.94. The molecule has 3 N–H and O–H groups in total. The van der Waals surface area contributed by atoms with Gasteiger partial charge in [-0.25, -0.2) is 8.78 Å². The van der Waals surface area contributed by atoms with Gasteiger partial charge in [0.2, 0.25) is 0 Å². The monoisotopic (exact) mass is 186 g/mol. The molecule has 0 aliphatic rings. The summed E-state index contributed by atoms with van der Waals surface area (Å²) < 4.78 is 25.9. The third kappa shape index (κ3) is 2.02. The van der Waals surface area contributed by atoms with Crippen LogP contribution in [0.3, 0.4) is 0 Å².